The van der Waals surface area contributed by atoms with Crippen molar-refractivity contribution in [2.75, 3.05) is 26.4 Å². The van der Waals surface area contributed by atoms with Gasteiger partial charge < -0.3 is 20.1 Å². The molecule has 0 aromatic carbocycles. The lowest BCUT2D eigenvalue weighted by Crippen LogP contribution is -2.29. The van der Waals surface area contributed by atoms with E-state index in [1.54, 1.807) is 6.08 Å². The molecule has 0 amide bonds. The summed E-state index contributed by atoms with van der Waals surface area (Å²) in [4.78, 5) is 46.6. The Morgan fingerprint density at radius 1 is 0.593 bits per heavy atom. The summed E-state index contributed by atoms with van der Waals surface area (Å²) in [5, 5.41) is 0. The molecule has 11 heteroatoms. The number of hydrogen-bond donors (Lipinski definition) is 2. The zero-order valence-electron chi connectivity index (χ0n) is 34.2. The predicted octanol–water partition coefficient (Wildman–Crippen LogP) is 11.3. The Kier molecular flexibility index (Phi) is 37.6. The summed E-state index contributed by atoms with van der Waals surface area (Å²) in [6.07, 6.45) is 38.6. The van der Waals surface area contributed by atoms with Crippen LogP contribution in [0.4, 0.5) is 0 Å². The molecule has 0 aliphatic carbocycles. The number of hydrogen-bond acceptors (Lipinski definition) is 9. The second-order valence-corrected chi connectivity index (χ2v) is 15.7. The molecule has 10 nitrogen and oxygen atoms in total. The summed E-state index contributed by atoms with van der Waals surface area (Å²) in [7, 11) is -4.40. The lowest BCUT2D eigenvalue weighted by atomic mass is 10.1. The van der Waals surface area contributed by atoms with Gasteiger partial charge in [-0.25, -0.2) is 4.57 Å². The van der Waals surface area contributed by atoms with E-state index < -0.39 is 32.5 Å². The maximum Gasteiger partial charge on any atom is 0.472 e. The number of phosphoric ester groups is 1. The molecule has 0 spiro atoms. The first kappa shape index (κ1) is 51.9. The lowest BCUT2D eigenvalue weighted by molar-refractivity contribution is -0.161. The maximum absolute atomic E-state index is 12.6. The van der Waals surface area contributed by atoms with Gasteiger partial charge in [-0.3, -0.25) is 23.4 Å². The van der Waals surface area contributed by atoms with Gasteiger partial charge in [0.1, 0.15) is 6.61 Å². The molecule has 2 atom stereocenters. The normalized spacial score (nSPS) is 13.6. The van der Waals surface area contributed by atoms with Crippen molar-refractivity contribution in [1.82, 2.24) is 0 Å². The Morgan fingerprint density at radius 2 is 1.07 bits per heavy atom. The Morgan fingerprint density at radius 3 is 1.65 bits per heavy atom. The smallest absolute Gasteiger partial charge is 0.462 e. The standard InChI is InChI=1S/C43H78NO9P/c1-3-5-7-8-9-10-11-12-13-14-15-16-17-20-23-26-30-34-42(46)50-38-41(39-52-54(48,49)51-37-36-44)53-43(47)35-31-27-24-21-18-19-22-25-29-33-40(45)32-28-6-4-2/h12-13,22,25,29,33,41H,3-11,14-21,23-24,26-28,30-32,34-39,44H2,1-2H3,(H,48,49)/b13-12-,25-22-,33-29+/t41-/m1/s1. The van der Waals surface area contributed by atoms with Gasteiger partial charge in [-0.1, -0.05) is 141 Å². The number of carbonyl (C=O) groups excluding carboxylic acids is 3. The molecule has 0 saturated carbocycles. The monoisotopic (exact) mass is 784 g/mol. The summed E-state index contributed by atoms with van der Waals surface area (Å²) >= 11 is 0. The van der Waals surface area contributed by atoms with Crippen LogP contribution in [0.1, 0.15) is 187 Å². The van der Waals surface area contributed by atoms with Gasteiger partial charge in [0, 0.05) is 25.8 Å². The SMILES string of the molecule is CCCCCCCC/C=C\CCCCCCCCCC(=O)OC[C@H](COP(=O)(O)OCCN)OC(=O)CCCCCCC/C=C\C=C\C(=O)CCCCC. The fourth-order valence-electron chi connectivity index (χ4n) is 5.73. The van der Waals surface area contributed by atoms with Gasteiger partial charge in [-0.05, 0) is 63.9 Å². The Hall–Kier alpha value is -2.10. The van der Waals surface area contributed by atoms with Crippen molar-refractivity contribution in [3.8, 4) is 0 Å². The van der Waals surface area contributed by atoms with Crippen LogP contribution in [0, 0.1) is 0 Å². The largest absolute Gasteiger partial charge is 0.472 e. The molecule has 0 aliphatic rings. The van der Waals surface area contributed by atoms with Crippen LogP contribution in [0.25, 0.3) is 0 Å². The number of allylic oxidation sites excluding steroid dienone is 6. The van der Waals surface area contributed by atoms with Gasteiger partial charge in [0.25, 0.3) is 0 Å². The molecule has 0 heterocycles. The fourth-order valence-corrected chi connectivity index (χ4v) is 6.49. The minimum Gasteiger partial charge on any atom is -0.462 e. The van der Waals surface area contributed by atoms with E-state index in [9.17, 15) is 23.8 Å². The highest BCUT2D eigenvalue weighted by Crippen LogP contribution is 2.43. The number of ether oxygens (including phenoxy) is 2. The minimum absolute atomic E-state index is 0.0381. The first-order valence-electron chi connectivity index (χ1n) is 21.4. The highest BCUT2D eigenvalue weighted by Gasteiger charge is 2.26. The van der Waals surface area contributed by atoms with Crippen LogP contribution in [0.15, 0.2) is 36.5 Å². The topological polar surface area (TPSA) is 151 Å². The quantitative estimate of drug-likeness (QED) is 0.0153. The van der Waals surface area contributed by atoms with E-state index in [-0.39, 0.29) is 38.4 Å². The molecule has 0 aliphatic heterocycles. The number of unbranched alkanes of at least 4 members (excludes halogenated alkanes) is 20. The van der Waals surface area contributed by atoms with E-state index in [0.29, 0.717) is 19.3 Å². The summed E-state index contributed by atoms with van der Waals surface area (Å²) < 4.78 is 32.7. The fraction of sp³-hybridized carbons (Fsp3) is 0.791. The Labute approximate surface area is 329 Å². The van der Waals surface area contributed by atoms with Crippen LogP contribution in [0.2, 0.25) is 0 Å². The van der Waals surface area contributed by atoms with Crippen LogP contribution >= 0.6 is 7.82 Å². The molecule has 3 N–H and O–H groups in total. The lowest BCUT2D eigenvalue weighted by Gasteiger charge is -2.19. The second-order valence-electron chi connectivity index (χ2n) is 14.2. The van der Waals surface area contributed by atoms with E-state index in [2.05, 4.69) is 32.1 Å². The van der Waals surface area contributed by atoms with Crippen LogP contribution in [-0.2, 0) is 37.5 Å². The third-order valence-electron chi connectivity index (χ3n) is 8.97. The molecule has 0 saturated heterocycles. The van der Waals surface area contributed by atoms with E-state index in [0.717, 1.165) is 77.0 Å². The van der Waals surface area contributed by atoms with Crippen LogP contribution < -0.4 is 5.73 Å². The van der Waals surface area contributed by atoms with Gasteiger partial charge >= 0.3 is 19.8 Å². The van der Waals surface area contributed by atoms with Crippen molar-refractivity contribution in [2.45, 2.75) is 193 Å². The zero-order valence-corrected chi connectivity index (χ0v) is 35.1. The van der Waals surface area contributed by atoms with Gasteiger partial charge in [-0.15, -0.1) is 0 Å². The van der Waals surface area contributed by atoms with Crippen LogP contribution in [0.5, 0.6) is 0 Å². The molecule has 0 fully saturated rings. The number of esters is 2. The van der Waals surface area contributed by atoms with Crippen LogP contribution in [0.3, 0.4) is 0 Å². The molecule has 1 unspecified atom stereocenters. The molecule has 54 heavy (non-hydrogen) atoms. The predicted molar refractivity (Wildman–Crippen MR) is 220 cm³/mol. The van der Waals surface area contributed by atoms with Gasteiger partial charge in [0.15, 0.2) is 11.9 Å². The number of ketones is 1. The molecular weight excluding hydrogens is 705 g/mol. The summed E-state index contributed by atoms with van der Waals surface area (Å²) in [5.41, 5.74) is 5.34. The summed E-state index contributed by atoms with van der Waals surface area (Å²) in [6.45, 7) is 3.51. The Bertz CT molecular complexity index is 1050. The van der Waals surface area contributed by atoms with Gasteiger partial charge in [0.05, 0.1) is 13.2 Å². The first-order chi connectivity index (χ1) is 26.2. The first-order valence-corrected chi connectivity index (χ1v) is 22.9. The van der Waals surface area contributed by atoms with Crippen molar-refractivity contribution < 1.29 is 42.4 Å². The average molecular weight is 784 g/mol. The van der Waals surface area contributed by atoms with Crippen molar-refractivity contribution >= 4 is 25.5 Å². The molecule has 0 aromatic heterocycles. The molecule has 0 rings (SSSR count). The molecule has 0 aromatic rings. The maximum atomic E-state index is 12.6. The van der Waals surface area contributed by atoms with E-state index in [1.165, 1.54) is 64.2 Å². The van der Waals surface area contributed by atoms with E-state index >= 15 is 0 Å². The summed E-state index contributed by atoms with van der Waals surface area (Å²) in [6, 6.07) is 0. The van der Waals surface area contributed by atoms with Crippen molar-refractivity contribution in [1.29, 1.82) is 0 Å². The van der Waals surface area contributed by atoms with Crippen molar-refractivity contribution in [3.63, 3.8) is 0 Å². The number of phosphoric acid groups is 1. The van der Waals surface area contributed by atoms with Crippen molar-refractivity contribution in [3.05, 3.63) is 36.5 Å². The van der Waals surface area contributed by atoms with E-state index in [1.807, 2.05) is 12.2 Å². The third kappa shape index (κ3) is 38.2. The second kappa shape index (κ2) is 39.1. The summed E-state index contributed by atoms with van der Waals surface area (Å²) in [5.74, 6) is -0.721. The Balaban J connectivity index is 4.22. The van der Waals surface area contributed by atoms with E-state index in [4.69, 9.17) is 24.3 Å². The molecular formula is C43H78NO9P. The molecule has 314 valence electrons. The minimum atomic E-state index is -4.40. The highest BCUT2D eigenvalue weighted by atomic mass is 31.2. The zero-order chi connectivity index (χ0) is 39.8. The third-order valence-corrected chi connectivity index (χ3v) is 9.96. The van der Waals surface area contributed by atoms with Gasteiger partial charge in [-0.2, -0.15) is 0 Å². The number of carbonyl (C=O) groups is 3. The number of rotatable bonds is 40. The average Bonchev–Trinajstić information content (AvgIpc) is 3.15. The van der Waals surface area contributed by atoms with Crippen LogP contribution in [-0.4, -0.2) is 55.1 Å². The highest BCUT2D eigenvalue weighted by molar-refractivity contribution is 7.47. The van der Waals surface area contributed by atoms with Crippen molar-refractivity contribution in [2.24, 2.45) is 5.73 Å². The van der Waals surface area contributed by atoms with Gasteiger partial charge in [0.2, 0.25) is 0 Å². The molecule has 0 bridgehead atoms. The molecule has 0 radical (unpaired) electrons. The number of nitrogens with two attached hydrogens (primary N) is 1.